The van der Waals surface area contributed by atoms with Crippen LogP contribution < -0.4 is 5.32 Å². The predicted molar refractivity (Wildman–Crippen MR) is 67.7 cm³/mol. The lowest BCUT2D eigenvalue weighted by Gasteiger charge is -2.26. The number of carbonyl (C=O) groups is 1. The number of hydrogen-bond donors (Lipinski definition) is 3. The van der Waals surface area contributed by atoms with Gasteiger partial charge in [0.05, 0.1) is 11.8 Å². The van der Waals surface area contributed by atoms with Crippen LogP contribution in [0.4, 0.5) is 5.69 Å². The molecule has 0 spiro atoms. The van der Waals surface area contributed by atoms with Crippen LogP contribution >= 0.6 is 0 Å². The number of aliphatic hydroxyl groups excluding tert-OH is 1. The fourth-order valence-electron chi connectivity index (χ4n) is 2.32. The molecular weight excluding hydrogens is 232 g/mol. The van der Waals surface area contributed by atoms with Gasteiger partial charge in [0, 0.05) is 18.9 Å². The quantitative estimate of drug-likeness (QED) is 0.758. The summed E-state index contributed by atoms with van der Waals surface area (Å²) in [7, 11) is 0. The molecule has 5 nitrogen and oxygen atoms in total. The van der Waals surface area contributed by atoms with E-state index in [2.05, 4.69) is 10.3 Å². The number of carboxylic acid groups (broad SMARTS) is 1. The first-order chi connectivity index (χ1) is 8.66. The molecule has 0 aliphatic heterocycles. The molecule has 1 aromatic rings. The molecule has 0 unspecified atom stereocenters. The SMILES string of the molecule is O=C(O)c1cnccc1NCC1CCC(O)CC1. The van der Waals surface area contributed by atoms with Gasteiger partial charge in [0.2, 0.25) is 0 Å². The molecule has 1 heterocycles. The maximum Gasteiger partial charge on any atom is 0.339 e. The lowest BCUT2D eigenvalue weighted by Crippen LogP contribution is -2.24. The number of nitrogens with zero attached hydrogens (tertiary/aromatic N) is 1. The van der Waals surface area contributed by atoms with Gasteiger partial charge in [-0.25, -0.2) is 4.79 Å². The summed E-state index contributed by atoms with van der Waals surface area (Å²) < 4.78 is 0. The zero-order chi connectivity index (χ0) is 13.0. The van der Waals surface area contributed by atoms with Crippen molar-refractivity contribution >= 4 is 11.7 Å². The van der Waals surface area contributed by atoms with E-state index in [1.165, 1.54) is 6.20 Å². The van der Waals surface area contributed by atoms with Crippen molar-refractivity contribution in [1.82, 2.24) is 4.98 Å². The van der Waals surface area contributed by atoms with Crippen LogP contribution in [0.5, 0.6) is 0 Å². The molecule has 1 fully saturated rings. The molecule has 1 aliphatic rings. The molecule has 0 bridgehead atoms. The van der Waals surface area contributed by atoms with E-state index in [0.717, 1.165) is 32.2 Å². The lowest BCUT2D eigenvalue weighted by molar-refractivity contribution is 0.0697. The van der Waals surface area contributed by atoms with E-state index < -0.39 is 5.97 Å². The van der Waals surface area contributed by atoms with E-state index in [9.17, 15) is 9.90 Å². The van der Waals surface area contributed by atoms with Crippen molar-refractivity contribution < 1.29 is 15.0 Å². The third-order valence-corrected chi connectivity index (χ3v) is 3.45. The zero-order valence-electron chi connectivity index (χ0n) is 10.2. The Morgan fingerprint density at radius 2 is 2.11 bits per heavy atom. The topological polar surface area (TPSA) is 82.5 Å². The van der Waals surface area contributed by atoms with Gasteiger partial charge in [0.1, 0.15) is 5.56 Å². The Morgan fingerprint density at radius 3 is 2.78 bits per heavy atom. The number of pyridine rings is 1. The number of aromatic carboxylic acids is 1. The van der Waals surface area contributed by atoms with Crippen molar-refractivity contribution in [2.24, 2.45) is 5.92 Å². The van der Waals surface area contributed by atoms with Crippen LogP contribution in [0.3, 0.4) is 0 Å². The van der Waals surface area contributed by atoms with Gasteiger partial charge in [-0.05, 0) is 37.7 Å². The summed E-state index contributed by atoms with van der Waals surface area (Å²) in [5.74, 6) is -0.465. The van der Waals surface area contributed by atoms with Gasteiger partial charge in [0.15, 0.2) is 0 Å². The number of rotatable bonds is 4. The summed E-state index contributed by atoms with van der Waals surface area (Å²) >= 11 is 0. The highest BCUT2D eigenvalue weighted by atomic mass is 16.4. The molecular formula is C13H18N2O3. The molecule has 2 rings (SSSR count). The number of hydrogen-bond acceptors (Lipinski definition) is 4. The highest BCUT2D eigenvalue weighted by molar-refractivity contribution is 5.93. The Hall–Kier alpha value is -1.62. The summed E-state index contributed by atoms with van der Waals surface area (Å²) in [6.45, 7) is 0.747. The predicted octanol–water partition coefficient (Wildman–Crippen LogP) is 1.74. The van der Waals surface area contributed by atoms with Crippen LogP contribution in [0.15, 0.2) is 18.5 Å². The monoisotopic (exact) mass is 250 g/mol. The van der Waals surface area contributed by atoms with Gasteiger partial charge in [0.25, 0.3) is 0 Å². The van der Waals surface area contributed by atoms with Gasteiger partial charge in [-0.2, -0.15) is 0 Å². The number of aliphatic hydroxyl groups is 1. The average molecular weight is 250 g/mol. The van der Waals surface area contributed by atoms with Crippen molar-refractivity contribution in [3.05, 3.63) is 24.0 Å². The van der Waals surface area contributed by atoms with E-state index in [1.54, 1.807) is 12.3 Å². The molecule has 0 saturated heterocycles. The Labute approximate surface area is 106 Å². The number of nitrogens with one attached hydrogen (secondary N) is 1. The first-order valence-corrected chi connectivity index (χ1v) is 6.26. The highest BCUT2D eigenvalue weighted by Gasteiger charge is 2.19. The lowest BCUT2D eigenvalue weighted by atomic mass is 9.87. The van der Waals surface area contributed by atoms with Gasteiger partial charge in [-0.3, -0.25) is 4.98 Å². The molecule has 0 atom stereocenters. The normalized spacial score (nSPS) is 23.6. The van der Waals surface area contributed by atoms with E-state index in [1.807, 2.05) is 0 Å². The van der Waals surface area contributed by atoms with Crippen LogP contribution in [0.2, 0.25) is 0 Å². The fraction of sp³-hybridized carbons (Fsp3) is 0.538. The van der Waals surface area contributed by atoms with Crippen molar-refractivity contribution in [1.29, 1.82) is 0 Å². The molecule has 18 heavy (non-hydrogen) atoms. The molecule has 5 heteroatoms. The van der Waals surface area contributed by atoms with Gasteiger partial charge >= 0.3 is 5.97 Å². The smallest absolute Gasteiger partial charge is 0.339 e. The third kappa shape index (κ3) is 3.20. The second-order valence-electron chi connectivity index (χ2n) is 4.78. The zero-order valence-corrected chi connectivity index (χ0v) is 10.2. The van der Waals surface area contributed by atoms with Gasteiger partial charge in [-0.1, -0.05) is 0 Å². The standard InChI is InChI=1S/C13H18N2O3/c16-10-3-1-9(2-4-10)7-15-12-5-6-14-8-11(12)13(17)18/h5-6,8-10,16H,1-4,7H2,(H,14,15)(H,17,18). The summed E-state index contributed by atoms with van der Waals surface area (Å²) in [5, 5.41) is 21.6. The summed E-state index contributed by atoms with van der Waals surface area (Å²) in [5.41, 5.74) is 0.817. The highest BCUT2D eigenvalue weighted by Crippen LogP contribution is 2.25. The van der Waals surface area contributed by atoms with E-state index in [-0.39, 0.29) is 11.7 Å². The van der Waals surface area contributed by atoms with Crippen LogP contribution in [0.25, 0.3) is 0 Å². The number of aromatic nitrogens is 1. The maximum atomic E-state index is 11.0. The van der Waals surface area contributed by atoms with Crippen molar-refractivity contribution in [3.8, 4) is 0 Å². The van der Waals surface area contributed by atoms with Crippen LogP contribution in [-0.4, -0.2) is 33.8 Å². The second kappa shape index (κ2) is 5.82. The van der Waals surface area contributed by atoms with Crippen LogP contribution in [0, 0.1) is 5.92 Å². The van der Waals surface area contributed by atoms with Gasteiger partial charge < -0.3 is 15.5 Å². The minimum absolute atomic E-state index is 0.156. The maximum absolute atomic E-state index is 11.0. The minimum atomic E-state index is -0.968. The molecule has 0 amide bonds. The van der Waals surface area contributed by atoms with Crippen molar-refractivity contribution in [2.75, 3.05) is 11.9 Å². The molecule has 3 N–H and O–H groups in total. The summed E-state index contributed by atoms with van der Waals surface area (Å²) in [4.78, 5) is 14.8. The largest absolute Gasteiger partial charge is 0.478 e. The number of anilines is 1. The Morgan fingerprint density at radius 1 is 1.39 bits per heavy atom. The van der Waals surface area contributed by atoms with E-state index >= 15 is 0 Å². The number of carboxylic acids is 1. The van der Waals surface area contributed by atoms with E-state index in [4.69, 9.17) is 5.11 Å². The third-order valence-electron chi connectivity index (χ3n) is 3.45. The first kappa shape index (κ1) is 12.8. The van der Waals surface area contributed by atoms with Crippen LogP contribution in [0.1, 0.15) is 36.0 Å². The second-order valence-corrected chi connectivity index (χ2v) is 4.78. The minimum Gasteiger partial charge on any atom is -0.478 e. The summed E-state index contributed by atoms with van der Waals surface area (Å²) in [6.07, 6.45) is 6.44. The summed E-state index contributed by atoms with van der Waals surface area (Å²) in [6, 6.07) is 1.68. The molecule has 1 saturated carbocycles. The molecule has 0 aromatic carbocycles. The Balaban J connectivity index is 1.92. The van der Waals surface area contributed by atoms with Crippen molar-refractivity contribution in [3.63, 3.8) is 0 Å². The average Bonchev–Trinajstić information content (AvgIpc) is 2.38. The van der Waals surface area contributed by atoms with Crippen molar-refractivity contribution in [2.45, 2.75) is 31.8 Å². The van der Waals surface area contributed by atoms with Crippen LogP contribution in [-0.2, 0) is 0 Å². The molecule has 98 valence electrons. The fourth-order valence-corrected chi connectivity index (χ4v) is 2.32. The molecule has 1 aromatic heterocycles. The Bertz CT molecular complexity index is 414. The van der Waals surface area contributed by atoms with Gasteiger partial charge in [-0.15, -0.1) is 0 Å². The van der Waals surface area contributed by atoms with E-state index in [0.29, 0.717) is 11.6 Å². The molecule has 1 aliphatic carbocycles. The first-order valence-electron chi connectivity index (χ1n) is 6.26. The Kier molecular flexibility index (Phi) is 4.15. The molecule has 0 radical (unpaired) electrons.